The summed E-state index contributed by atoms with van der Waals surface area (Å²) in [6.45, 7) is 2.24. The number of nitrogens with one attached hydrogen (secondary N) is 2. The summed E-state index contributed by atoms with van der Waals surface area (Å²) in [6, 6.07) is 11.0. The standard InChI is InChI=1S/C28H35Cl2N11O2.ClH/c29-22-6-5-21(9-23(22)30)35-25(43)10-24(42)15-1-3-20(4-2-15)36-26-37-27(40-11-16(31)7-17(32)12-40)39-28(38-26)41-13-18(33)8-19(34)14-41;/h1-6,9,16-19H,7-8,10-14,31-34H2,(H,35,43)(H,36,37,38,39);1H/t16-,17+,18-,19+;. The normalized spacial score (nSPS) is 21.8. The number of piperidine rings is 2. The second-order valence-corrected chi connectivity index (χ2v) is 11.9. The van der Waals surface area contributed by atoms with Gasteiger partial charge in [0.2, 0.25) is 23.8 Å². The van der Waals surface area contributed by atoms with E-state index in [4.69, 9.17) is 51.1 Å². The highest BCUT2D eigenvalue weighted by atomic mass is 35.5. The van der Waals surface area contributed by atoms with Gasteiger partial charge in [0.05, 0.1) is 16.5 Å². The lowest BCUT2D eigenvalue weighted by atomic mass is 10.0. The summed E-state index contributed by atoms with van der Waals surface area (Å²) in [5.41, 5.74) is 26.4. The van der Waals surface area contributed by atoms with Crippen LogP contribution in [0.5, 0.6) is 0 Å². The van der Waals surface area contributed by atoms with Crippen molar-refractivity contribution in [2.45, 2.75) is 43.4 Å². The summed E-state index contributed by atoms with van der Waals surface area (Å²) in [4.78, 5) is 43.2. The van der Waals surface area contributed by atoms with Gasteiger partial charge in [0.1, 0.15) is 0 Å². The number of aromatic nitrogens is 3. The van der Waals surface area contributed by atoms with Gasteiger partial charge in [-0.3, -0.25) is 9.59 Å². The number of benzene rings is 2. The minimum Gasteiger partial charge on any atom is -0.338 e. The molecule has 3 heterocycles. The minimum absolute atomic E-state index is 0. The molecule has 1 aromatic heterocycles. The van der Waals surface area contributed by atoms with Gasteiger partial charge in [-0.15, -0.1) is 12.4 Å². The quantitative estimate of drug-likeness (QED) is 0.151. The minimum atomic E-state index is -0.467. The molecule has 0 aliphatic carbocycles. The largest absolute Gasteiger partial charge is 0.338 e. The van der Waals surface area contributed by atoms with Crippen molar-refractivity contribution in [3.63, 3.8) is 0 Å². The van der Waals surface area contributed by atoms with E-state index < -0.39 is 5.91 Å². The Labute approximate surface area is 271 Å². The molecule has 2 aliphatic heterocycles. The third kappa shape index (κ3) is 8.66. The van der Waals surface area contributed by atoms with Gasteiger partial charge in [-0.25, -0.2) is 0 Å². The summed E-state index contributed by atoms with van der Waals surface area (Å²) in [5, 5.41) is 6.53. The van der Waals surface area contributed by atoms with Gasteiger partial charge < -0.3 is 43.4 Å². The van der Waals surface area contributed by atoms with Gasteiger partial charge in [0.15, 0.2) is 5.78 Å². The SMILES string of the molecule is Cl.N[C@@H]1C[C@H](N)CN(c2nc(Nc3ccc(C(=O)CC(=O)Nc4ccc(Cl)c(Cl)c4)cc3)nc(N3C[C@H](N)C[C@H](N)C3)n2)C1. The van der Waals surface area contributed by atoms with Crippen molar-refractivity contribution >= 4 is 76.5 Å². The predicted octanol–water partition coefficient (Wildman–Crippen LogP) is 2.28. The van der Waals surface area contributed by atoms with Crippen LogP contribution >= 0.6 is 35.6 Å². The molecule has 2 aliphatic rings. The second kappa shape index (κ2) is 14.7. The Morgan fingerprint density at radius 2 is 1.25 bits per heavy atom. The molecule has 16 heteroatoms. The molecule has 2 fully saturated rings. The van der Waals surface area contributed by atoms with Crippen LogP contribution in [0.4, 0.5) is 29.2 Å². The fourth-order valence-electron chi connectivity index (χ4n) is 5.27. The fraction of sp³-hybridized carbons (Fsp3) is 0.393. The number of nitrogens with two attached hydrogens (primary N) is 4. The summed E-state index contributed by atoms with van der Waals surface area (Å²) in [7, 11) is 0. The molecule has 44 heavy (non-hydrogen) atoms. The maximum atomic E-state index is 12.8. The third-order valence-corrected chi connectivity index (χ3v) is 7.93. The first-order valence-corrected chi connectivity index (χ1v) is 14.7. The van der Waals surface area contributed by atoms with Gasteiger partial charge in [0, 0.05) is 67.3 Å². The van der Waals surface area contributed by atoms with Crippen molar-refractivity contribution in [3.8, 4) is 0 Å². The summed E-state index contributed by atoms with van der Waals surface area (Å²) < 4.78 is 0. The lowest BCUT2D eigenvalue weighted by Gasteiger charge is -2.37. The van der Waals surface area contributed by atoms with Crippen molar-refractivity contribution in [1.82, 2.24) is 15.0 Å². The van der Waals surface area contributed by atoms with Crippen molar-refractivity contribution in [2.24, 2.45) is 22.9 Å². The zero-order chi connectivity index (χ0) is 30.7. The van der Waals surface area contributed by atoms with Crippen LogP contribution in [0, 0.1) is 0 Å². The van der Waals surface area contributed by atoms with Crippen LogP contribution in [-0.4, -0.2) is 77.0 Å². The van der Waals surface area contributed by atoms with E-state index in [2.05, 4.69) is 20.6 Å². The van der Waals surface area contributed by atoms with E-state index in [0.717, 1.165) is 12.8 Å². The van der Waals surface area contributed by atoms with Gasteiger partial charge in [-0.1, -0.05) is 23.2 Å². The van der Waals surface area contributed by atoms with Crippen molar-refractivity contribution in [2.75, 3.05) is 46.6 Å². The van der Waals surface area contributed by atoms with E-state index in [1.165, 1.54) is 6.07 Å². The number of ketones is 1. The molecule has 13 nitrogen and oxygen atoms in total. The lowest BCUT2D eigenvalue weighted by Crippen LogP contribution is -2.54. The van der Waals surface area contributed by atoms with Crippen LogP contribution < -0.4 is 43.4 Å². The topological polar surface area (TPSA) is 207 Å². The first kappa shape index (κ1) is 33.6. The molecular weight excluding hydrogens is 629 g/mol. The Kier molecular flexibility index (Phi) is 11.2. The summed E-state index contributed by atoms with van der Waals surface area (Å²) >= 11 is 11.9. The maximum absolute atomic E-state index is 12.8. The van der Waals surface area contributed by atoms with Gasteiger partial charge in [-0.2, -0.15) is 15.0 Å². The number of amides is 1. The van der Waals surface area contributed by atoms with Crippen molar-refractivity contribution < 1.29 is 9.59 Å². The number of rotatable bonds is 8. The number of hydrogen-bond acceptors (Lipinski definition) is 12. The average molecular weight is 665 g/mol. The monoisotopic (exact) mass is 663 g/mol. The van der Waals surface area contributed by atoms with E-state index >= 15 is 0 Å². The number of Topliss-reactive ketones (excluding diaryl/α,β-unsaturated/α-hetero) is 1. The number of hydrogen-bond donors (Lipinski definition) is 6. The molecule has 0 unspecified atom stereocenters. The molecule has 2 saturated heterocycles. The van der Waals surface area contributed by atoms with E-state index in [9.17, 15) is 9.59 Å². The fourth-order valence-corrected chi connectivity index (χ4v) is 5.57. The number of nitrogens with zero attached hydrogens (tertiary/aromatic N) is 5. The summed E-state index contributed by atoms with van der Waals surface area (Å²) in [6.07, 6.45) is 1.10. The van der Waals surface area contributed by atoms with E-state index in [1.54, 1.807) is 36.4 Å². The molecule has 1 amide bonds. The molecule has 10 N–H and O–H groups in total. The molecule has 0 bridgehead atoms. The van der Waals surface area contributed by atoms with Crippen LogP contribution in [0.2, 0.25) is 10.0 Å². The number of carbonyl (C=O) groups is 2. The Bertz CT molecular complexity index is 1420. The molecule has 5 rings (SSSR count). The number of anilines is 5. The molecule has 0 radical (unpaired) electrons. The maximum Gasteiger partial charge on any atom is 0.233 e. The zero-order valence-electron chi connectivity index (χ0n) is 23.8. The number of carbonyl (C=O) groups excluding carboxylic acids is 2. The highest BCUT2D eigenvalue weighted by Crippen LogP contribution is 2.26. The Balaban J connectivity index is 0.00000442. The van der Waals surface area contributed by atoms with Crippen LogP contribution in [0.15, 0.2) is 42.5 Å². The Hall–Kier alpha value is -3.30. The first-order valence-electron chi connectivity index (χ1n) is 14.0. The number of halogens is 3. The van der Waals surface area contributed by atoms with Crippen LogP contribution in [-0.2, 0) is 4.79 Å². The highest BCUT2D eigenvalue weighted by molar-refractivity contribution is 6.42. The second-order valence-electron chi connectivity index (χ2n) is 11.1. The van der Waals surface area contributed by atoms with Crippen molar-refractivity contribution in [3.05, 3.63) is 58.1 Å². The first-order chi connectivity index (χ1) is 20.5. The van der Waals surface area contributed by atoms with Gasteiger partial charge in [-0.05, 0) is 55.3 Å². The Morgan fingerprint density at radius 1 is 0.750 bits per heavy atom. The predicted molar refractivity (Wildman–Crippen MR) is 176 cm³/mol. The molecule has 0 saturated carbocycles. The van der Waals surface area contributed by atoms with Crippen LogP contribution in [0.3, 0.4) is 0 Å². The molecule has 236 valence electrons. The molecule has 4 atom stereocenters. The van der Waals surface area contributed by atoms with Gasteiger partial charge >= 0.3 is 0 Å². The van der Waals surface area contributed by atoms with Crippen molar-refractivity contribution in [1.29, 1.82) is 0 Å². The smallest absolute Gasteiger partial charge is 0.233 e. The van der Waals surface area contributed by atoms with E-state index in [0.29, 0.717) is 71.0 Å². The molecule has 0 spiro atoms. The zero-order valence-corrected chi connectivity index (χ0v) is 26.2. The van der Waals surface area contributed by atoms with Gasteiger partial charge in [0.25, 0.3) is 0 Å². The van der Waals surface area contributed by atoms with E-state index in [1.807, 2.05) is 9.80 Å². The Morgan fingerprint density at radius 3 is 1.75 bits per heavy atom. The summed E-state index contributed by atoms with van der Waals surface area (Å²) in [5.74, 6) is 0.395. The van der Waals surface area contributed by atoms with Crippen LogP contribution in [0.25, 0.3) is 0 Å². The van der Waals surface area contributed by atoms with E-state index in [-0.39, 0.29) is 48.8 Å². The van der Waals surface area contributed by atoms with Crippen LogP contribution in [0.1, 0.15) is 29.6 Å². The molecule has 3 aromatic rings. The molecular formula is C28H36Cl3N11O2. The lowest BCUT2D eigenvalue weighted by molar-refractivity contribution is -0.115. The average Bonchev–Trinajstić information content (AvgIpc) is 2.94. The third-order valence-electron chi connectivity index (χ3n) is 7.20. The highest BCUT2D eigenvalue weighted by Gasteiger charge is 2.29. The molecule has 2 aromatic carbocycles.